The molecule has 0 bridgehead atoms. The van der Waals surface area contributed by atoms with Crippen LogP contribution in [0, 0.1) is 0 Å². The van der Waals surface area contributed by atoms with Crippen molar-refractivity contribution in [1.29, 1.82) is 0 Å². The average Bonchev–Trinajstić information content (AvgIpc) is 2.91. The van der Waals surface area contributed by atoms with Crippen LogP contribution in [-0.2, 0) is 20.3 Å². The highest BCUT2D eigenvalue weighted by atomic mass is 35.7. The number of halogens is 1. The molecule has 1 saturated heterocycles. The summed E-state index contributed by atoms with van der Waals surface area (Å²) in [5, 5.41) is -0.840. The molecule has 0 spiro atoms. The van der Waals surface area contributed by atoms with E-state index in [-0.39, 0.29) is 18.9 Å². The van der Waals surface area contributed by atoms with Gasteiger partial charge in [0.05, 0.1) is 0 Å². The minimum Gasteiger partial charge on any atom is -0.311 e. The number of hydrogen-bond acceptors (Lipinski definition) is 4. The third-order valence-electron chi connectivity index (χ3n) is 3.89. The van der Waals surface area contributed by atoms with Gasteiger partial charge in [-0.25, -0.2) is 8.42 Å². The molecule has 1 unspecified atom stereocenters. The molecule has 1 aliphatic heterocycles. The zero-order chi connectivity index (χ0) is 16.4. The summed E-state index contributed by atoms with van der Waals surface area (Å²) in [6, 6.07) is 11.4. The van der Waals surface area contributed by atoms with E-state index >= 15 is 0 Å². The first kappa shape index (κ1) is 16.0. The van der Waals surface area contributed by atoms with Gasteiger partial charge in [0.15, 0.2) is 0 Å². The van der Waals surface area contributed by atoms with Gasteiger partial charge in [0.25, 0.3) is 0 Å². The number of amides is 1. The summed E-state index contributed by atoms with van der Waals surface area (Å²) in [5.74, 6) is -0.221. The molecule has 1 atom stereocenters. The highest BCUT2D eigenvalue weighted by molar-refractivity contribution is 8.14. The Morgan fingerprint density at radius 1 is 1.09 bits per heavy atom. The monoisotopic (exact) mass is 350 g/mol. The van der Waals surface area contributed by atoms with E-state index in [1.165, 1.54) is 4.90 Å². The van der Waals surface area contributed by atoms with Crippen molar-refractivity contribution in [2.45, 2.75) is 18.1 Å². The molecule has 2 heterocycles. The number of pyridine rings is 1. The SMILES string of the molecule is O=C1CC(S(=O)(=O)Cl)CN1c1ccc(Cc2ccncc2)cc1. The normalized spacial score (nSPS) is 18.4. The lowest BCUT2D eigenvalue weighted by Gasteiger charge is -2.16. The number of hydrogen-bond donors (Lipinski definition) is 0. The molecule has 0 saturated carbocycles. The van der Waals surface area contributed by atoms with E-state index < -0.39 is 14.3 Å². The molecule has 0 N–H and O–H groups in total. The lowest BCUT2D eigenvalue weighted by molar-refractivity contribution is -0.117. The molecule has 120 valence electrons. The molecule has 1 fully saturated rings. The van der Waals surface area contributed by atoms with Crippen LogP contribution in [0.4, 0.5) is 5.69 Å². The van der Waals surface area contributed by atoms with Gasteiger partial charge in [0, 0.05) is 41.7 Å². The maximum Gasteiger partial charge on any atom is 0.237 e. The Labute approximate surface area is 139 Å². The summed E-state index contributed by atoms with van der Waals surface area (Å²) in [6.45, 7) is 0.106. The van der Waals surface area contributed by atoms with E-state index in [2.05, 4.69) is 4.98 Å². The molecule has 1 aromatic carbocycles. The van der Waals surface area contributed by atoms with Gasteiger partial charge in [-0.05, 0) is 41.8 Å². The zero-order valence-electron chi connectivity index (χ0n) is 12.2. The molecule has 1 amide bonds. The second kappa shape index (κ2) is 6.29. The van der Waals surface area contributed by atoms with E-state index in [4.69, 9.17) is 10.7 Å². The van der Waals surface area contributed by atoms with Gasteiger partial charge in [0.2, 0.25) is 15.0 Å². The number of aromatic nitrogens is 1. The van der Waals surface area contributed by atoms with Crippen LogP contribution in [0.2, 0.25) is 0 Å². The quantitative estimate of drug-likeness (QED) is 0.794. The number of anilines is 1. The Balaban J connectivity index is 1.74. The predicted molar refractivity (Wildman–Crippen MR) is 89.0 cm³/mol. The van der Waals surface area contributed by atoms with Gasteiger partial charge >= 0.3 is 0 Å². The first-order valence-electron chi connectivity index (χ1n) is 7.15. The van der Waals surface area contributed by atoms with Crippen LogP contribution in [0.25, 0.3) is 0 Å². The Kier molecular flexibility index (Phi) is 4.37. The number of nitrogens with zero attached hydrogens (tertiary/aromatic N) is 2. The van der Waals surface area contributed by atoms with Crippen molar-refractivity contribution in [2.24, 2.45) is 0 Å². The second-order valence-corrected chi connectivity index (χ2v) is 8.41. The molecule has 5 nitrogen and oxygen atoms in total. The molecule has 7 heteroatoms. The lowest BCUT2D eigenvalue weighted by Crippen LogP contribution is -2.26. The summed E-state index contributed by atoms with van der Waals surface area (Å²) in [7, 11) is 1.64. The fourth-order valence-electron chi connectivity index (χ4n) is 2.64. The number of rotatable bonds is 4. The van der Waals surface area contributed by atoms with Gasteiger partial charge in [0.1, 0.15) is 5.25 Å². The number of carbonyl (C=O) groups is 1. The van der Waals surface area contributed by atoms with Gasteiger partial charge in [-0.2, -0.15) is 0 Å². The summed E-state index contributed by atoms with van der Waals surface area (Å²) < 4.78 is 22.8. The van der Waals surface area contributed by atoms with Gasteiger partial charge in [-0.15, -0.1) is 0 Å². The zero-order valence-corrected chi connectivity index (χ0v) is 13.8. The number of carbonyl (C=O) groups excluding carboxylic acids is 1. The molecule has 23 heavy (non-hydrogen) atoms. The van der Waals surface area contributed by atoms with E-state index in [1.54, 1.807) is 12.4 Å². The summed E-state index contributed by atoms with van der Waals surface area (Å²) in [5.41, 5.74) is 2.95. The highest BCUT2D eigenvalue weighted by Crippen LogP contribution is 2.27. The van der Waals surface area contributed by atoms with Crippen molar-refractivity contribution >= 4 is 31.3 Å². The maximum atomic E-state index is 12.0. The van der Waals surface area contributed by atoms with Gasteiger partial charge in [-0.3, -0.25) is 9.78 Å². The van der Waals surface area contributed by atoms with Crippen LogP contribution in [0.1, 0.15) is 17.5 Å². The standard InChI is InChI=1S/C16H15ClN2O3S/c17-23(21,22)15-10-16(20)19(11-15)14-3-1-12(2-4-14)9-13-5-7-18-8-6-13/h1-8,15H,9-11H2. The van der Waals surface area contributed by atoms with Crippen molar-refractivity contribution in [2.75, 3.05) is 11.4 Å². The van der Waals surface area contributed by atoms with Crippen LogP contribution < -0.4 is 4.90 Å². The first-order chi connectivity index (χ1) is 10.9. The Morgan fingerprint density at radius 3 is 2.26 bits per heavy atom. The largest absolute Gasteiger partial charge is 0.311 e. The minimum absolute atomic E-state index is 0.0649. The molecule has 0 aliphatic carbocycles. The van der Waals surface area contributed by atoms with Gasteiger partial charge in [-0.1, -0.05) is 12.1 Å². The van der Waals surface area contributed by atoms with Crippen molar-refractivity contribution < 1.29 is 13.2 Å². The van der Waals surface area contributed by atoms with Crippen LogP contribution in [0.15, 0.2) is 48.8 Å². The van der Waals surface area contributed by atoms with Crippen LogP contribution in [0.3, 0.4) is 0 Å². The highest BCUT2D eigenvalue weighted by Gasteiger charge is 2.37. The summed E-state index contributed by atoms with van der Waals surface area (Å²) in [4.78, 5) is 17.5. The van der Waals surface area contributed by atoms with E-state index in [1.807, 2.05) is 36.4 Å². The Bertz CT molecular complexity index is 807. The second-order valence-electron chi connectivity index (χ2n) is 5.50. The Morgan fingerprint density at radius 2 is 1.70 bits per heavy atom. The molecule has 1 aliphatic rings. The van der Waals surface area contributed by atoms with Crippen molar-refractivity contribution in [1.82, 2.24) is 4.98 Å². The Hall–Kier alpha value is -1.92. The first-order valence-corrected chi connectivity index (χ1v) is 9.52. The maximum absolute atomic E-state index is 12.0. The van der Waals surface area contributed by atoms with Crippen molar-refractivity contribution in [3.8, 4) is 0 Å². The summed E-state index contributed by atoms with van der Waals surface area (Å²) in [6.07, 6.45) is 4.21. The fourth-order valence-corrected chi connectivity index (χ4v) is 3.67. The predicted octanol–water partition coefficient (Wildman–Crippen LogP) is 2.35. The topological polar surface area (TPSA) is 67.3 Å². The third kappa shape index (κ3) is 3.71. The van der Waals surface area contributed by atoms with Crippen LogP contribution in [0.5, 0.6) is 0 Å². The van der Waals surface area contributed by atoms with Gasteiger partial charge < -0.3 is 4.90 Å². The third-order valence-corrected chi connectivity index (χ3v) is 5.76. The molecule has 1 aromatic heterocycles. The van der Waals surface area contributed by atoms with E-state index in [9.17, 15) is 13.2 Å². The summed E-state index contributed by atoms with van der Waals surface area (Å²) >= 11 is 0. The van der Waals surface area contributed by atoms with Crippen LogP contribution in [-0.4, -0.2) is 31.1 Å². The van der Waals surface area contributed by atoms with E-state index in [0.29, 0.717) is 5.69 Å². The average molecular weight is 351 g/mol. The lowest BCUT2D eigenvalue weighted by atomic mass is 10.1. The van der Waals surface area contributed by atoms with E-state index in [0.717, 1.165) is 17.5 Å². The molecule has 3 rings (SSSR count). The molecule has 0 radical (unpaired) electrons. The van der Waals surface area contributed by atoms with Crippen molar-refractivity contribution in [3.63, 3.8) is 0 Å². The molecule has 2 aromatic rings. The number of benzene rings is 1. The minimum atomic E-state index is -3.72. The fraction of sp³-hybridized carbons (Fsp3) is 0.250. The van der Waals surface area contributed by atoms with Crippen molar-refractivity contribution in [3.05, 3.63) is 59.9 Å². The molecular weight excluding hydrogens is 336 g/mol. The molecular formula is C16H15ClN2O3S. The van der Waals surface area contributed by atoms with Crippen LogP contribution >= 0.6 is 10.7 Å². The smallest absolute Gasteiger partial charge is 0.237 e.